The summed E-state index contributed by atoms with van der Waals surface area (Å²) >= 11 is 0.888. The van der Waals surface area contributed by atoms with E-state index in [0.29, 0.717) is 5.69 Å². The van der Waals surface area contributed by atoms with Crippen molar-refractivity contribution >= 4 is 37.9 Å². The SMILES string of the molecule is CCS(=O)(=O)Cc1cccc(Nc2sc(-c3c(F)cc(C(C)(C)O)cc3F)cc2C(N)=O)n1. The number of halogens is 2. The van der Waals surface area contributed by atoms with E-state index in [1.807, 2.05) is 0 Å². The van der Waals surface area contributed by atoms with Gasteiger partial charge in [0.15, 0.2) is 9.84 Å². The summed E-state index contributed by atoms with van der Waals surface area (Å²) in [5.41, 5.74) is 4.01. The summed E-state index contributed by atoms with van der Waals surface area (Å²) in [6.07, 6.45) is 0. The average Bonchev–Trinajstić information content (AvgIpc) is 3.10. The molecule has 0 radical (unpaired) electrons. The topological polar surface area (TPSA) is 122 Å². The second-order valence-electron chi connectivity index (χ2n) is 7.91. The van der Waals surface area contributed by atoms with Gasteiger partial charge < -0.3 is 16.2 Å². The summed E-state index contributed by atoms with van der Waals surface area (Å²) < 4.78 is 53.4. The molecule has 33 heavy (non-hydrogen) atoms. The lowest BCUT2D eigenvalue weighted by Crippen LogP contribution is -2.16. The monoisotopic (exact) mass is 495 g/mol. The number of amides is 1. The van der Waals surface area contributed by atoms with Gasteiger partial charge in [-0.1, -0.05) is 13.0 Å². The van der Waals surface area contributed by atoms with E-state index in [2.05, 4.69) is 10.3 Å². The number of nitrogens with one attached hydrogen (secondary N) is 1. The van der Waals surface area contributed by atoms with Crippen molar-refractivity contribution in [1.82, 2.24) is 4.98 Å². The van der Waals surface area contributed by atoms with Crippen LogP contribution in [0.15, 0.2) is 36.4 Å². The molecule has 7 nitrogen and oxygen atoms in total. The van der Waals surface area contributed by atoms with Gasteiger partial charge in [0.25, 0.3) is 5.91 Å². The summed E-state index contributed by atoms with van der Waals surface area (Å²) in [6.45, 7) is 4.36. The van der Waals surface area contributed by atoms with Crippen molar-refractivity contribution in [3.8, 4) is 10.4 Å². The Hall–Kier alpha value is -2.89. The lowest BCUT2D eigenvalue weighted by Gasteiger charge is -2.18. The molecule has 176 valence electrons. The number of hydrogen-bond donors (Lipinski definition) is 3. The number of pyridine rings is 1. The van der Waals surface area contributed by atoms with E-state index in [0.717, 1.165) is 23.5 Å². The quantitative estimate of drug-likeness (QED) is 0.433. The zero-order valence-corrected chi connectivity index (χ0v) is 19.8. The average molecular weight is 496 g/mol. The standard InChI is InChI=1S/C22H23F2N3O4S2/c1-4-33(30,31)11-13-6-5-7-18(26-13)27-21-14(20(25)28)10-17(32-21)19-15(23)8-12(9-16(19)24)22(2,3)29/h5-10,29H,4,11H2,1-3H3,(H2,25,28)(H,26,27). The molecule has 0 aliphatic rings. The maximum atomic E-state index is 14.8. The summed E-state index contributed by atoms with van der Waals surface area (Å²) in [5, 5.41) is 13.1. The summed E-state index contributed by atoms with van der Waals surface area (Å²) in [7, 11) is -3.30. The minimum absolute atomic E-state index is 0.00579. The van der Waals surface area contributed by atoms with Crippen LogP contribution >= 0.6 is 11.3 Å². The minimum atomic E-state index is -3.30. The van der Waals surface area contributed by atoms with E-state index < -0.39 is 33.0 Å². The predicted octanol–water partition coefficient (Wildman–Crippen LogP) is 4.09. The highest BCUT2D eigenvalue weighted by Gasteiger charge is 2.24. The Kier molecular flexibility index (Phi) is 6.87. The third-order valence-electron chi connectivity index (χ3n) is 4.85. The Morgan fingerprint density at radius 1 is 1.21 bits per heavy atom. The number of aliphatic hydroxyl groups is 1. The van der Waals surface area contributed by atoms with E-state index in [9.17, 15) is 27.1 Å². The Morgan fingerprint density at radius 2 is 1.85 bits per heavy atom. The van der Waals surface area contributed by atoms with Gasteiger partial charge in [-0.05, 0) is 49.7 Å². The molecule has 0 saturated carbocycles. The number of aromatic nitrogens is 1. The molecule has 0 saturated heterocycles. The molecule has 0 bridgehead atoms. The Bertz CT molecular complexity index is 1290. The lowest BCUT2D eigenvalue weighted by molar-refractivity contribution is 0.0778. The van der Waals surface area contributed by atoms with Crippen LogP contribution in [0, 0.1) is 11.6 Å². The molecular weight excluding hydrogens is 472 g/mol. The molecule has 3 rings (SSSR count). The fraction of sp³-hybridized carbons (Fsp3) is 0.273. The Labute approximate surface area is 194 Å². The molecular formula is C22H23F2N3O4S2. The van der Waals surface area contributed by atoms with Crippen LogP contribution in [0.4, 0.5) is 19.6 Å². The van der Waals surface area contributed by atoms with Crippen LogP contribution in [0.25, 0.3) is 10.4 Å². The van der Waals surface area contributed by atoms with Gasteiger partial charge in [0.2, 0.25) is 0 Å². The molecule has 1 aromatic carbocycles. The molecule has 2 heterocycles. The second kappa shape index (κ2) is 9.16. The van der Waals surface area contributed by atoms with Gasteiger partial charge in [-0.3, -0.25) is 4.79 Å². The third-order valence-corrected chi connectivity index (χ3v) is 7.53. The highest BCUT2D eigenvalue weighted by Crippen LogP contribution is 2.40. The number of nitrogens with two attached hydrogens (primary N) is 1. The first kappa shape index (κ1) is 24.7. The van der Waals surface area contributed by atoms with Crippen molar-refractivity contribution in [2.75, 3.05) is 11.1 Å². The predicted molar refractivity (Wildman–Crippen MR) is 124 cm³/mol. The molecule has 1 amide bonds. The number of nitrogens with zero attached hydrogens (tertiary/aromatic N) is 1. The van der Waals surface area contributed by atoms with E-state index in [-0.39, 0.29) is 43.9 Å². The summed E-state index contributed by atoms with van der Waals surface area (Å²) in [6, 6.07) is 8.06. The number of rotatable bonds is 8. The van der Waals surface area contributed by atoms with Crippen LogP contribution in [-0.2, 0) is 21.2 Å². The van der Waals surface area contributed by atoms with Crippen molar-refractivity contribution in [2.45, 2.75) is 32.1 Å². The third kappa shape index (κ3) is 5.73. The van der Waals surface area contributed by atoms with Gasteiger partial charge in [-0.15, -0.1) is 11.3 Å². The number of benzene rings is 1. The maximum Gasteiger partial charge on any atom is 0.251 e. The molecule has 2 aromatic heterocycles. The van der Waals surface area contributed by atoms with Crippen molar-refractivity contribution in [3.63, 3.8) is 0 Å². The number of carbonyl (C=O) groups is 1. The van der Waals surface area contributed by atoms with Crippen molar-refractivity contribution < 1.29 is 27.1 Å². The molecule has 0 aliphatic heterocycles. The van der Waals surface area contributed by atoms with Crippen LogP contribution in [-0.4, -0.2) is 30.2 Å². The van der Waals surface area contributed by atoms with Gasteiger partial charge in [-0.2, -0.15) is 0 Å². The first-order chi connectivity index (χ1) is 15.3. The van der Waals surface area contributed by atoms with E-state index >= 15 is 0 Å². The normalized spacial score (nSPS) is 12.1. The van der Waals surface area contributed by atoms with Crippen molar-refractivity contribution in [2.24, 2.45) is 5.73 Å². The van der Waals surface area contributed by atoms with Gasteiger partial charge in [0, 0.05) is 10.6 Å². The van der Waals surface area contributed by atoms with Crippen LogP contribution < -0.4 is 11.1 Å². The van der Waals surface area contributed by atoms with Gasteiger partial charge in [0.05, 0.1) is 28.2 Å². The highest BCUT2D eigenvalue weighted by atomic mass is 32.2. The lowest BCUT2D eigenvalue weighted by atomic mass is 9.96. The van der Waals surface area contributed by atoms with E-state index in [4.69, 9.17) is 5.73 Å². The largest absolute Gasteiger partial charge is 0.386 e. The molecule has 11 heteroatoms. The second-order valence-corrected chi connectivity index (χ2v) is 11.3. The van der Waals surface area contributed by atoms with E-state index in [1.54, 1.807) is 18.2 Å². The molecule has 0 aliphatic carbocycles. The van der Waals surface area contributed by atoms with E-state index in [1.165, 1.54) is 26.8 Å². The number of thiophene rings is 1. The minimum Gasteiger partial charge on any atom is -0.386 e. The van der Waals surface area contributed by atoms with Crippen molar-refractivity contribution in [1.29, 1.82) is 0 Å². The highest BCUT2D eigenvalue weighted by molar-refractivity contribution is 7.90. The van der Waals surface area contributed by atoms with Crippen LogP contribution in [0.5, 0.6) is 0 Å². The number of primary amides is 1. The number of carbonyl (C=O) groups excluding carboxylic acids is 1. The summed E-state index contributed by atoms with van der Waals surface area (Å²) in [4.78, 5) is 16.3. The number of sulfone groups is 1. The Balaban J connectivity index is 2.01. The first-order valence-electron chi connectivity index (χ1n) is 9.90. The van der Waals surface area contributed by atoms with Gasteiger partial charge >= 0.3 is 0 Å². The van der Waals surface area contributed by atoms with Crippen LogP contribution in [0.2, 0.25) is 0 Å². The van der Waals surface area contributed by atoms with Crippen molar-refractivity contribution in [3.05, 3.63) is 64.9 Å². The molecule has 0 unspecified atom stereocenters. The zero-order valence-electron chi connectivity index (χ0n) is 18.1. The molecule has 0 atom stereocenters. The zero-order chi connectivity index (χ0) is 24.6. The molecule has 0 spiro atoms. The molecule has 0 fully saturated rings. The maximum absolute atomic E-state index is 14.8. The number of hydrogen-bond acceptors (Lipinski definition) is 7. The number of anilines is 2. The molecule has 3 aromatic rings. The smallest absolute Gasteiger partial charge is 0.251 e. The first-order valence-corrected chi connectivity index (χ1v) is 12.5. The van der Waals surface area contributed by atoms with Crippen LogP contribution in [0.1, 0.15) is 42.4 Å². The fourth-order valence-electron chi connectivity index (χ4n) is 3.03. The molecule has 4 N–H and O–H groups in total. The van der Waals surface area contributed by atoms with Gasteiger partial charge in [-0.25, -0.2) is 22.2 Å². The fourth-order valence-corrected chi connectivity index (χ4v) is 4.96. The summed E-state index contributed by atoms with van der Waals surface area (Å²) in [5.74, 6) is -2.66. The Morgan fingerprint density at radius 3 is 2.39 bits per heavy atom. The van der Waals surface area contributed by atoms with Gasteiger partial charge in [0.1, 0.15) is 22.5 Å². The van der Waals surface area contributed by atoms with Crippen LogP contribution in [0.3, 0.4) is 0 Å².